The van der Waals surface area contributed by atoms with E-state index >= 15 is 0 Å². The maximum Gasteiger partial charge on any atom is 0.263 e. The quantitative estimate of drug-likeness (QED) is 0.359. The molecule has 0 atom stereocenters. The highest BCUT2D eigenvalue weighted by molar-refractivity contribution is 7.11. The highest BCUT2D eigenvalue weighted by atomic mass is 32.1. The average molecular weight is 417 g/mol. The minimum absolute atomic E-state index is 0.299. The highest BCUT2D eigenvalue weighted by Crippen LogP contribution is 2.28. The van der Waals surface area contributed by atoms with Crippen molar-refractivity contribution in [1.82, 2.24) is 10.2 Å². The van der Waals surface area contributed by atoms with Gasteiger partial charge in [-0.05, 0) is 47.8 Å². The number of aromatic amines is 1. The zero-order chi connectivity index (χ0) is 20.8. The molecule has 1 amide bonds. The topological polar surface area (TPSA) is 91.4 Å². The van der Waals surface area contributed by atoms with Crippen molar-refractivity contribution >= 4 is 46.5 Å². The standard InChI is InChI=1S/C22H19N5O2S/c1-29-17-11-9-16(10-12-17)24-21-19(22(28)25-15-6-3-2-4-7-15)20(26-27-21)23-14-18-8-5-13-30-18/h2-14H,1H3,(H,25,28)(H2,24,26,27). The Balaban J connectivity index is 1.65. The van der Waals surface area contributed by atoms with Crippen molar-refractivity contribution in [2.24, 2.45) is 4.99 Å². The predicted molar refractivity (Wildman–Crippen MR) is 121 cm³/mol. The number of hydrogen-bond acceptors (Lipinski definition) is 6. The SMILES string of the molecule is COc1ccc(Nc2[nH]nc(N=Cc3cccs3)c2C(=O)Nc2ccccc2)cc1. The smallest absolute Gasteiger partial charge is 0.263 e. The molecule has 0 spiro atoms. The van der Waals surface area contributed by atoms with Gasteiger partial charge in [-0.3, -0.25) is 9.89 Å². The second-order valence-electron chi connectivity index (χ2n) is 6.24. The van der Waals surface area contributed by atoms with Crippen LogP contribution < -0.4 is 15.4 Å². The molecule has 2 aromatic heterocycles. The number of rotatable bonds is 7. The van der Waals surface area contributed by atoms with Crippen LogP contribution in [0.5, 0.6) is 5.75 Å². The summed E-state index contributed by atoms with van der Waals surface area (Å²) in [6, 6.07) is 20.5. The molecule has 0 fully saturated rings. The van der Waals surface area contributed by atoms with E-state index in [0.717, 1.165) is 16.3 Å². The third-order valence-corrected chi connectivity index (χ3v) is 5.03. The second kappa shape index (κ2) is 9.06. The average Bonchev–Trinajstić information content (AvgIpc) is 3.43. The molecule has 150 valence electrons. The summed E-state index contributed by atoms with van der Waals surface area (Å²) in [4.78, 5) is 18.5. The Labute approximate surface area is 177 Å². The summed E-state index contributed by atoms with van der Waals surface area (Å²) in [6.07, 6.45) is 1.69. The number of H-pyrrole nitrogens is 1. The molecule has 0 aliphatic rings. The Hall–Kier alpha value is -3.91. The lowest BCUT2D eigenvalue weighted by Gasteiger charge is -2.09. The molecule has 2 heterocycles. The molecule has 7 nitrogen and oxygen atoms in total. The van der Waals surface area contributed by atoms with Crippen LogP contribution in [0.25, 0.3) is 0 Å². The largest absolute Gasteiger partial charge is 0.497 e. The minimum atomic E-state index is -0.315. The molecule has 0 radical (unpaired) electrons. The van der Waals surface area contributed by atoms with E-state index in [-0.39, 0.29) is 5.91 Å². The second-order valence-corrected chi connectivity index (χ2v) is 7.22. The van der Waals surface area contributed by atoms with Crippen molar-refractivity contribution in [3.8, 4) is 5.75 Å². The van der Waals surface area contributed by atoms with Gasteiger partial charge in [0.2, 0.25) is 0 Å². The lowest BCUT2D eigenvalue weighted by molar-refractivity contribution is 0.102. The van der Waals surface area contributed by atoms with Crippen LogP contribution in [0.3, 0.4) is 0 Å². The van der Waals surface area contributed by atoms with Gasteiger partial charge in [0.05, 0.1) is 7.11 Å². The Morgan fingerprint density at radius 2 is 1.87 bits per heavy atom. The number of para-hydroxylation sites is 1. The molecule has 0 aliphatic heterocycles. The van der Waals surface area contributed by atoms with Gasteiger partial charge in [0.25, 0.3) is 5.91 Å². The number of aliphatic imine (C=N–C) groups is 1. The summed E-state index contributed by atoms with van der Waals surface area (Å²) < 4.78 is 5.19. The predicted octanol–water partition coefficient (Wildman–Crippen LogP) is 5.23. The first-order chi connectivity index (χ1) is 14.7. The van der Waals surface area contributed by atoms with Gasteiger partial charge in [0.15, 0.2) is 5.82 Å². The number of benzene rings is 2. The maximum absolute atomic E-state index is 13.1. The van der Waals surface area contributed by atoms with Crippen LogP contribution in [0.1, 0.15) is 15.2 Å². The fourth-order valence-corrected chi connectivity index (χ4v) is 3.34. The summed E-state index contributed by atoms with van der Waals surface area (Å²) in [7, 11) is 1.61. The van der Waals surface area contributed by atoms with Crippen LogP contribution in [0, 0.1) is 0 Å². The van der Waals surface area contributed by atoms with E-state index in [2.05, 4.69) is 25.8 Å². The lowest BCUT2D eigenvalue weighted by Crippen LogP contribution is -2.13. The summed E-state index contributed by atoms with van der Waals surface area (Å²) >= 11 is 1.56. The van der Waals surface area contributed by atoms with Gasteiger partial charge in [-0.2, -0.15) is 5.10 Å². The number of amides is 1. The summed E-state index contributed by atoms with van der Waals surface area (Å²) in [5.41, 5.74) is 1.79. The zero-order valence-corrected chi connectivity index (χ0v) is 16.9. The van der Waals surface area contributed by atoms with Crippen molar-refractivity contribution in [1.29, 1.82) is 0 Å². The van der Waals surface area contributed by atoms with Gasteiger partial charge in [0.1, 0.15) is 17.1 Å². The molecule has 0 bridgehead atoms. The van der Waals surface area contributed by atoms with Gasteiger partial charge in [-0.15, -0.1) is 11.3 Å². The number of methoxy groups -OCH3 is 1. The van der Waals surface area contributed by atoms with E-state index in [1.54, 1.807) is 24.7 Å². The number of anilines is 3. The van der Waals surface area contributed by atoms with Gasteiger partial charge in [-0.25, -0.2) is 4.99 Å². The van der Waals surface area contributed by atoms with E-state index in [4.69, 9.17) is 4.74 Å². The van der Waals surface area contributed by atoms with Crippen LogP contribution in [-0.4, -0.2) is 29.4 Å². The van der Waals surface area contributed by atoms with Gasteiger partial charge in [-0.1, -0.05) is 24.3 Å². The molecule has 4 aromatic rings. The molecular formula is C22H19N5O2S. The molecule has 8 heteroatoms. The normalized spacial score (nSPS) is 10.8. The van der Waals surface area contributed by atoms with Gasteiger partial charge < -0.3 is 15.4 Å². The monoisotopic (exact) mass is 417 g/mol. The maximum atomic E-state index is 13.1. The van der Waals surface area contributed by atoms with Gasteiger partial charge in [0, 0.05) is 22.5 Å². The molecule has 0 saturated heterocycles. The van der Waals surface area contributed by atoms with Crippen molar-refractivity contribution in [2.75, 3.05) is 17.7 Å². The summed E-state index contributed by atoms with van der Waals surface area (Å²) in [5, 5.41) is 15.2. The Kier molecular flexibility index (Phi) is 5.86. The fourth-order valence-electron chi connectivity index (χ4n) is 2.75. The Morgan fingerprint density at radius 3 is 2.57 bits per heavy atom. The molecular weight excluding hydrogens is 398 g/mol. The Bertz CT molecular complexity index is 1140. The number of aromatic nitrogens is 2. The van der Waals surface area contributed by atoms with Crippen LogP contribution >= 0.6 is 11.3 Å². The van der Waals surface area contributed by atoms with E-state index in [9.17, 15) is 4.79 Å². The Morgan fingerprint density at radius 1 is 1.07 bits per heavy atom. The molecule has 3 N–H and O–H groups in total. The minimum Gasteiger partial charge on any atom is -0.497 e. The number of carbonyl (C=O) groups is 1. The van der Waals surface area contributed by atoms with Crippen molar-refractivity contribution in [3.63, 3.8) is 0 Å². The first kappa shape index (κ1) is 19.4. The van der Waals surface area contributed by atoms with E-state index in [0.29, 0.717) is 22.9 Å². The van der Waals surface area contributed by atoms with Crippen molar-refractivity contribution in [3.05, 3.63) is 82.6 Å². The summed E-state index contributed by atoms with van der Waals surface area (Å²) in [5.74, 6) is 1.18. The molecule has 4 rings (SSSR count). The number of thiophene rings is 1. The summed E-state index contributed by atoms with van der Waals surface area (Å²) in [6.45, 7) is 0. The molecule has 30 heavy (non-hydrogen) atoms. The van der Waals surface area contributed by atoms with Crippen LogP contribution in [0.2, 0.25) is 0 Å². The number of nitrogens with one attached hydrogen (secondary N) is 3. The van der Waals surface area contributed by atoms with Crippen LogP contribution in [0.4, 0.5) is 23.0 Å². The third kappa shape index (κ3) is 4.56. The highest BCUT2D eigenvalue weighted by Gasteiger charge is 2.21. The first-order valence-corrected chi connectivity index (χ1v) is 10.0. The van der Waals surface area contributed by atoms with E-state index in [1.165, 1.54) is 0 Å². The van der Waals surface area contributed by atoms with Crippen LogP contribution in [-0.2, 0) is 0 Å². The molecule has 0 aliphatic carbocycles. The lowest BCUT2D eigenvalue weighted by atomic mass is 10.2. The molecule has 0 saturated carbocycles. The molecule has 0 unspecified atom stereocenters. The van der Waals surface area contributed by atoms with E-state index in [1.807, 2.05) is 72.1 Å². The first-order valence-electron chi connectivity index (χ1n) is 9.16. The zero-order valence-electron chi connectivity index (χ0n) is 16.1. The number of ether oxygens (including phenoxy) is 1. The third-order valence-electron chi connectivity index (χ3n) is 4.22. The number of carbonyl (C=O) groups excluding carboxylic acids is 1. The van der Waals surface area contributed by atoms with E-state index < -0.39 is 0 Å². The number of nitrogens with zero attached hydrogens (tertiary/aromatic N) is 2. The fraction of sp³-hybridized carbons (Fsp3) is 0.0455. The molecule has 2 aromatic carbocycles. The number of hydrogen-bond donors (Lipinski definition) is 3. The van der Waals surface area contributed by atoms with Gasteiger partial charge >= 0.3 is 0 Å². The van der Waals surface area contributed by atoms with Crippen molar-refractivity contribution in [2.45, 2.75) is 0 Å². The van der Waals surface area contributed by atoms with Crippen LogP contribution in [0.15, 0.2) is 77.1 Å². The van der Waals surface area contributed by atoms with Crippen molar-refractivity contribution < 1.29 is 9.53 Å².